The lowest BCUT2D eigenvalue weighted by Gasteiger charge is -2.09. The molecule has 0 saturated carbocycles. The fourth-order valence-electron chi connectivity index (χ4n) is 1.65. The first-order valence-electron chi connectivity index (χ1n) is 5.31. The van der Waals surface area contributed by atoms with Crippen LogP contribution in [0.4, 0.5) is 4.39 Å². The molecule has 0 aliphatic heterocycles. The second-order valence-electron chi connectivity index (χ2n) is 3.86. The summed E-state index contributed by atoms with van der Waals surface area (Å²) in [6.45, 7) is 0. The number of halogens is 3. The summed E-state index contributed by atoms with van der Waals surface area (Å²) < 4.78 is 39.7. The monoisotopic (exact) mass is 371 g/mol. The number of nitrogens with zero attached hydrogens (tertiary/aromatic N) is 3. The Morgan fingerprint density at radius 2 is 2.00 bits per heavy atom. The van der Waals surface area contributed by atoms with E-state index in [1.54, 1.807) is 0 Å². The molecular weight excluding hydrogens is 364 g/mol. The van der Waals surface area contributed by atoms with E-state index in [2.05, 4.69) is 4.99 Å². The van der Waals surface area contributed by atoms with Crippen LogP contribution in [-0.2, 0) is 17.1 Å². The van der Waals surface area contributed by atoms with E-state index in [-0.39, 0.29) is 23.0 Å². The van der Waals surface area contributed by atoms with Crippen LogP contribution in [-0.4, -0.2) is 24.0 Å². The minimum Gasteiger partial charge on any atom is -0.278 e. The van der Waals surface area contributed by atoms with Crippen molar-refractivity contribution in [1.82, 2.24) is 8.54 Å². The second-order valence-corrected chi connectivity index (χ2v) is 7.92. The van der Waals surface area contributed by atoms with Crippen molar-refractivity contribution in [3.8, 4) is 0 Å². The lowest BCUT2D eigenvalue weighted by Crippen LogP contribution is -2.42. The van der Waals surface area contributed by atoms with Crippen LogP contribution >= 0.6 is 34.5 Å². The van der Waals surface area contributed by atoms with Gasteiger partial charge in [0, 0.05) is 14.1 Å². The maximum Gasteiger partial charge on any atom is 0.343 e. The number of rotatable bonds is 2. The van der Waals surface area contributed by atoms with Gasteiger partial charge in [-0.05, 0) is 6.07 Å². The van der Waals surface area contributed by atoms with E-state index >= 15 is 0 Å². The SMILES string of the molecule is C/N=c1\c(F)cn(S(=O)(=O)c2cc(Cl)sc2Cl)c(=O)n1C. The number of thiophene rings is 1. The lowest BCUT2D eigenvalue weighted by molar-refractivity contribution is 0.537. The van der Waals surface area contributed by atoms with E-state index in [1.165, 1.54) is 14.1 Å². The smallest absolute Gasteiger partial charge is 0.278 e. The summed E-state index contributed by atoms with van der Waals surface area (Å²) >= 11 is 12.3. The fourth-order valence-corrected chi connectivity index (χ4v) is 5.03. The zero-order valence-corrected chi connectivity index (χ0v) is 13.8. The van der Waals surface area contributed by atoms with Crippen LogP contribution in [0.1, 0.15) is 0 Å². The molecule has 0 bridgehead atoms. The molecule has 0 N–H and O–H groups in total. The van der Waals surface area contributed by atoms with Gasteiger partial charge in [-0.25, -0.2) is 17.6 Å². The van der Waals surface area contributed by atoms with Gasteiger partial charge in [0.1, 0.15) is 9.23 Å². The zero-order chi connectivity index (χ0) is 15.9. The Morgan fingerprint density at radius 1 is 1.38 bits per heavy atom. The Morgan fingerprint density at radius 3 is 2.48 bits per heavy atom. The highest BCUT2D eigenvalue weighted by Gasteiger charge is 2.26. The molecule has 0 radical (unpaired) electrons. The molecule has 0 atom stereocenters. The molecule has 0 aromatic carbocycles. The highest BCUT2D eigenvalue weighted by molar-refractivity contribution is 7.90. The number of aromatic nitrogens is 2. The highest BCUT2D eigenvalue weighted by Crippen LogP contribution is 2.34. The zero-order valence-electron chi connectivity index (χ0n) is 10.7. The normalized spacial score (nSPS) is 12.9. The van der Waals surface area contributed by atoms with E-state index in [0.717, 1.165) is 22.0 Å². The van der Waals surface area contributed by atoms with Crippen LogP contribution in [0.25, 0.3) is 0 Å². The number of hydrogen-bond acceptors (Lipinski definition) is 5. The quantitative estimate of drug-likeness (QED) is 0.801. The van der Waals surface area contributed by atoms with Crippen molar-refractivity contribution in [2.24, 2.45) is 12.0 Å². The van der Waals surface area contributed by atoms with Gasteiger partial charge in [-0.3, -0.25) is 9.56 Å². The first-order valence-corrected chi connectivity index (χ1v) is 8.32. The average molecular weight is 372 g/mol. The van der Waals surface area contributed by atoms with Crippen LogP contribution in [0, 0.1) is 5.82 Å². The summed E-state index contributed by atoms with van der Waals surface area (Å²) in [5.74, 6) is -0.958. The van der Waals surface area contributed by atoms with Crippen molar-refractivity contribution in [2.45, 2.75) is 4.90 Å². The van der Waals surface area contributed by atoms with Crippen LogP contribution in [0.2, 0.25) is 8.67 Å². The molecule has 0 unspecified atom stereocenters. The summed E-state index contributed by atoms with van der Waals surface area (Å²) in [5, 5.41) is 0. The topological polar surface area (TPSA) is 73.4 Å². The van der Waals surface area contributed by atoms with E-state index in [4.69, 9.17) is 23.2 Å². The van der Waals surface area contributed by atoms with Crippen molar-refractivity contribution >= 4 is 44.6 Å². The maximum atomic E-state index is 13.8. The Bertz CT molecular complexity index is 943. The molecule has 0 fully saturated rings. The third kappa shape index (κ3) is 2.66. The van der Waals surface area contributed by atoms with E-state index in [9.17, 15) is 17.6 Å². The van der Waals surface area contributed by atoms with Crippen molar-refractivity contribution < 1.29 is 12.8 Å². The highest BCUT2D eigenvalue weighted by atomic mass is 35.5. The van der Waals surface area contributed by atoms with Gasteiger partial charge in [0.05, 0.1) is 10.5 Å². The molecular formula is C10H8Cl2FN3O3S2. The first kappa shape index (κ1) is 16.2. The minimum absolute atomic E-state index is 0.112. The summed E-state index contributed by atoms with van der Waals surface area (Å²) in [5.41, 5.74) is -1.24. The van der Waals surface area contributed by atoms with Crippen molar-refractivity contribution in [3.05, 3.63) is 42.7 Å². The van der Waals surface area contributed by atoms with E-state index in [1.807, 2.05) is 0 Å². The van der Waals surface area contributed by atoms with Gasteiger partial charge in [0.15, 0.2) is 11.3 Å². The van der Waals surface area contributed by atoms with Gasteiger partial charge in [0.25, 0.3) is 10.0 Å². The molecule has 2 aromatic heterocycles. The summed E-state index contributed by atoms with van der Waals surface area (Å²) in [6.07, 6.45) is 0.557. The van der Waals surface area contributed by atoms with Gasteiger partial charge in [-0.15, -0.1) is 11.3 Å². The molecule has 0 aliphatic carbocycles. The molecule has 0 amide bonds. The van der Waals surface area contributed by atoms with Gasteiger partial charge < -0.3 is 0 Å². The van der Waals surface area contributed by atoms with Crippen molar-refractivity contribution in [2.75, 3.05) is 7.05 Å². The molecule has 2 rings (SSSR count). The predicted octanol–water partition coefficient (Wildman–Crippen LogP) is 1.46. The molecule has 0 spiro atoms. The lowest BCUT2D eigenvalue weighted by atomic mass is 10.6. The van der Waals surface area contributed by atoms with Gasteiger partial charge >= 0.3 is 5.69 Å². The maximum absolute atomic E-state index is 13.8. The summed E-state index contributed by atoms with van der Waals surface area (Å²) in [7, 11) is -1.86. The fraction of sp³-hybridized carbons (Fsp3) is 0.200. The molecule has 0 saturated heterocycles. The van der Waals surface area contributed by atoms with Crippen molar-refractivity contribution in [1.29, 1.82) is 0 Å². The van der Waals surface area contributed by atoms with E-state index < -0.39 is 21.5 Å². The summed E-state index contributed by atoms with van der Waals surface area (Å²) in [4.78, 5) is 15.3. The molecule has 21 heavy (non-hydrogen) atoms. The van der Waals surface area contributed by atoms with Gasteiger partial charge in [0.2, 0.25) is 0 Å². The molecule has 0 aliphatic rings. The summed E-state index contributed by atoms with van der Waals surface area (Å²) in [6, 6.07) is 1.10. The number of hydrogen-bond donors (Lipinski definition) is 0. The van der Waals surface area contributed by atoms with Crippen LogP contribution in [0.15, 0.2) is 26.9 Å². The Labute approximate surface area is 132 Å². The molecule has 11 heteroatoms. The van der Waals surface area contributed by atoms with Gasteiger partial charge in [-0.2, -0.15) is 3.97 Å². The Hall–Kier alpha value is -1.16. The molecule has 2 heterocycles. The Kier molecular flexibility index (Phi) is 4.29. The van der Waals surface area contributed by atoms with E-state index in [0.29, 0.717) is 6.20 Å². The minimum atomic E-state index is -4.35. The third-order valence-corrected chi connectivity index (χ3v) is 6.00. The second kappa shape index (κ2) is 5.56. The Balaban J connectivity index is 2.85. The van der Waals surface area contributed by atoms with Crippen LogP contribution < -0.4 is 11.2 Å². The largest absolute Gasteiger partial charge is 0.343 e. The third-order valence-electron chi connectivity index (χ3n) is 2.61. The standard InChI is InChI=1S/C10H8Cl2FN3O3S2/c1-14-9-5(13)4-16(10(17)15(9)2)21(18,19)6-3-7(11)20-8(6)12/h3-4H,1-2H3/b14-9+. The average Bonchev–Trinajstić information content (AvgIpc) is 2.74. The van der Waals surface area contributed by atoms with Crippen LogP contribution in [0.3, 0.4) is 0 Å². The predicted molar refractivity (Wildman–Crippen MR) is 78.0 cm³/mol. The first-order chi connectivity index (χ1) is 9.70. The molecule has 114 valence electrons. The van der Waals surface area contributed by atoms with Gasteiger partial charge in [-0.1, -0.05) is 23.2 Å². The van der Waals surface area contributed by atoms with Crippen LogP contribution in [0.5, 0.6) is 0 Å². The molecule has 6 nitrogen and oxygen atoms in total. The van der Waals surface area contributed by atoms with Crippen molar-refractivity contribution in [3.63, 3.8) is 0 Å². The molecule has 2 aromatic rings.